The Hall–Kier alpha value is -4.46. The quantitative estimate of drug-likeness (QED) is 0.492. The van der Waals surface area contributed by atoms with E-state index in [0.29, 0.717) is 22.5 Å². The van der Waals surface area contributed by atoms with Gasteiger partial charge in [-0.2, -0.15) is 0 Å². The van der Waals surface area contributed by atoms with Crippen LogP contribution in [0.15, 0.2) is 78.9 Å². The van der Waals surface area contributed by atoms with Crippen molar-refractivity contribution in [3.8, 4) is 0 Å². The maximum atomic E-state index is 13.0. The molecule has 1 aliphatic rings. The molecule has 1 heterocycles. The molecule has 1 aliphatic heterocycles. The van der Waals surface area contributed by atoms with E-state index >= 15 is 0 Å². The normalized spacial score (nSPS) is 17.3. The smallest absolute Gasteiger partial charge is 0.324 e. The summed E-state index contributed by atoms with van der Waals surface area (Å²) < 4.78 is 0. The highest BCUT2D eigenvalue weighted by atomic mass is 16.2. The lowest BCUT2D eigenvalue weighted by Crippen LogP contribution is -2.42. The lowest BCUT2D eigenvalue weighted by molar-refractivity contribution is -0.133. The van der Waals surface area contributed by atoms with Crippen LogP contribution in [0.5, 0.6) is 0 Å². The van der Waals surface area contributed by atoms with Gasteiger partial charge in [0.25, 0.3) is 11.8 Å². The second-order valence-corrected chi connectivity index (χ2v) is 8.26. The fourth-order valence-electron chi connectivity index (χ4n) is 3.73. The summed E-state index contributed by atoms with van der Waals surface area (Å²) in [5.41, 5.74) is 1.85. The first-order valence-corrected chi connectivity index (χ1v) is 10.7. The molecule has 3 aromatic carbocycles. The number of hydrogen-bond acceptors (Lipinski definition) is 4. The van der Waals surface area contributed by atoms with Crippen LogP contribution >= 0.6 is 0 Å². The number of aryl methyl sites for hydroxylation is 1. The predicted octanol–water partition coefficient (Wildman–Crippen LogP) is 3.65. The Kier molecular flexibility index (Phi) is 6.14. The third kappa shape index (κ3) is 4.66. The van der Waals surface area contributed by atoms with Crippen LogP contribution in [0.25, 0.3) is 0 Å². The lowest BCUT2D eigenvalue weighted by Gasteiger charge is -2.22. The summed E-state index contributed by atoms with van der Waals surface area (Å²) in [5, 5.41) is 8.14. The minimum atomic E-state index is -1.24. The molecular formula is C26H24N4O4. The Labute approximate surface area is 197 Å². The number of amides is 5. The first-order chi connectivity index (χ1) is 16.3. The molecule has 5 amide bonds. The van der Waals surface area contributed by atoms with Crippen molar-refractivity contribution in [1.82, 2.24) is 10.2 Å². The molecule has 172 valence electrons. The van der Waals surface area contributed by atoms with Gasteiger partial charge in [0.05, 0.1) is 0 Å². The Bertz CT molecular complexity index is 1260. The Morgan fingerprint density at radius 2 is 1.53 bits per heavy atom. The van der Waals surface area contributed by atoms with Crippen molar-refractivity contribution in [1.29, 1.82) is 0 Å². The summed E-state index contributed by atoms with van der Waals surface area (Å²) in [5.74, 6) is -1.32. The second-order valence-electron chi connectivity index (χ2n) is 8.26. The van der Waals surface area contributed by atoms with Gasteiger partial charge < -0.3 is 16.0 Å². The highest BCUT2D eigenvalue weighted by Gasteiger charge is 2.49. The third-order valence-electron chi connectivity index (χ3n) is 5.65. The van der Waals surface area contributed by atoms with Crippen LogP contribution < -0.4 is 16.0 Å². The van der Waals surface area contributed by atoms with Gasteiger partial charge in [-0.1, -0.05) is 54.1 Å². The van der Waals surface area contributed by atoms with Gasteiger partial charge in [-0.25, -0.2) is 4.79 Å². The van der Waals surface area contributed by atoms with Gasteiger partial charge in [-0.05, 0) is 49.7 Å². The topological polar surface area (TPSA) is 108 Å². The van der Waals surface area contributed by atoms with E-state index in [9.17, 15) is 19.2 Å². The Balaban J connectivity index is 1.41. The SMILES string of the molecule is Cc1ccc(C2(C)NC(=O)N(CC(=O)Nc3cccc(NC(=O)c4ccccc4)c3)C2=O)cc1. The molecule has 0 aliphatic carbocycles. The highest BCUT2D eigenvalue weighted by Crippen LogP contribution is 2.29. The molecular weight excluding hydrogens is 432 g/mol. The van der Waals surface area contributed by atoms with E-state index in [2.05, 4.69) is 16.0 Å². The van der Waals surface area contributed by atoms with Crippen LogP contribution in [0.4, 0.5) is 16.2 Å². The van der Waals surface area contributed by atoms with Gasteiger partial charge in [0.2, 0.25) is 5.91 Å². The van der Waals surface area contributed by atoms with Crippen molar-refractivity contribution in [3.63, 3.8) is 0 Å². The minimum Gasteiger partial charge on any atom is -0.324 e. The summed E-state index contributed by atoms with van der Waals surface area (Å²) in [6, 6.07) is 22.0. The molecule has 0 saturated carbocycles. The molecule has 1 fully saturated rings. The number of rotatable bonds is 6. The van der Waals surface area contributed by atoms with Crippen molar-refractivity contribution < 1.29 is 19.2 Å². The number of nitrogens with zero attached hydrogens (tertiary/aromatic N) is 1. The van der Waals surface area contributed by atoms with Crippen molar-refractivity contribution in [2.45, 2.75) is 19.4 Å². The summed E-state index contributed by atoms with van der Waals surface area (Å²) >= 11 is 0. The molecule has 0 bridgehead atoms. The third-order valence-corrected chi connectivity index (χ3v) is 5.65. The molecule has 3 aromatic rings. The number of hydrogen-bond donors (Lipinski definition) is 3. The van der Waals surface area contributed by atoms with Gasteiger partial charge in [-0.3, -0.25) is 19.3 Å². The predicted molar refractivity (Wildman–Crippen MR) is 128 cm³/mol. The summed E-state index contributed by atoms with van der Waals surface area (Å²) in [6.45, 7) is 3.11. The van der Waals surface area contributed by atoms with E-state index in [1.54, 1.807) is 67.6 Å². The number of imide groups is 1. The molecule has 8 nitrogen and oxygen atoms in total. The zero-order chi connectivity index (χ0) is 24.3. The molecule has 0 spiro atoms. The standard InChI is InChI=1S/C26H24N4O4/c1-17-11-13-19(14-12-17)26(2)24(33)30(25(34)29-26)16-22(31)27-20-9-6-10-21(15-20)28-23(32)18-7-4-3-5-8-18/h3-15H,16H2,1-2H3,(H,27,31)(H,28,32)(H,29,34). The molecule has 1 atom stereocenters. The Morgan fingerprint density at radius 3 is 2.21 bits per heavy atom. The molecule has 4 rings (SSSR count). The minimum absolute atomic E-state index is 0.279. The Morgan fingerprint density at radius 1 is 0.882 bits per heavy atom. The lowest BCUT2D eigenvalue weighted by atomic mass is 9.91. The van der Waals surface area contributed by atoms with Crippen LogP contribution in [0, 0.1) is 6.92 Å². The van der Waals surface area contributed by atoms with E-state index in [-0.39, 0.29) is 5.91 Å². The molecule has 1 unspecified atom stereocenters. The largest absolute Gasteiger partial charge is 0.325 e. The maximum absolute atomic E-state index is 13.0. The van der Waals surface area contributed by atoms with Gasteiger partial charge in [-0.15, -0.1) is 0 Å². The van der Waals surface area contributed by atoms with Crippen molar-refractivity contribution in [3.05, 3.63) is 95.6 Å². The first-order valence-electron chi connectivity index (χ1n) is 10.7. The van der Waals surface area contributed by atoms with Crippen LogP contribution in [0.3, 0.4) is 0 Å². The van der Waals surface area contributed by atoms with Crippen LogP contribution in [-0.2, 0) is 15.1 Å². The van der Waals surface area contributed by atoms with Crippen molar-refractivity contribution in [2.75, 3.05) is 17.2 Å². The van der Waals surface area contributed by atoms with Gasteiger partial charge >= 0.3 is 6.03 Å². The number of carbonyl (C=O) groups is 4. The van der Waals surface area contributed by atoms with E-state index in [4.69, 9.17) is 0 Å². The van der Waals surface area contributed by atoms with Crippen molar-refractivity contribution in [2.24, 2.45) is 0 Å². The number of nitrogens with one attached hydrogen (secondary N) is 3. The van der Waals surface area contributed by atoms with Gasteiger partial charge in [0.1, 0.15) is 12.1 Å². The number of carbonyl (C=O) groups excluding carboxylic acids is 4. The molecule has 0 aromatic heterocycles. The number of benzene rings is 3. The van der Waals surface area contributed by atoms with Crippen LogP contribution in [0.2, 0.25) is 0 Å². The summed E-state index contributed by atoms with van der Waals surface area (Å²) in [4.78, 5) is 51.4. The average Bonchev–Trinajstić information content (AvgIpc) is 3.04. The zero-order valence-electron chi connectivity index (χ0n) is 18.8. The maximum Gasteiger partial charge on any atom is 0.325 e. The molecule has 34 heavy (non-hydrogen) atoms. The fourth-order valence-corrected chi connectivity index (χ4v) is 3.73. The van der Waals surface area contributed by atoms with E-state index < -0.39 is 29.9 Å². The average molecular weight is 457 g/mol. The van der Waals surface area contributed by atoms with E-state index in [0.717, 1.165) is 10.5 Å². The van der Waals surface area contributed by atoms with Crippen LogP contribution in [-0.4, -0.2) is 35.2 Å². The second kappa shape index (κ2) is 9.19. The monoisotopic (exact) mass is 456 g/mol. The van der Waals surface area contributed by atoms with E-state index in [1.807, 2.05) is 25.1 Å². The molecule has 8 heteroatoms. The van der Waals surface area contributed by atoms with Gasteiger partial charge in [0, 0.05) is 16.9 Å². The number of urea groups is 1. The van der Waals surface area contributed by atoms with Crippen molar-refractivity contribution >= 4 is 35.1 Å². The van der Waals surface area contributed by atoms with E-state index in [1.165, 1.54) is 0 Å². The molecule has 3 N–H and O–H groups in total. The van der Waals surface area contributed by atoms with Gasteiger partial charge in [0.15, 0.2) is 0 Å². The number of anilines is 2. The first kappa shape index (κ1) is 22.7. The molecule has 1 saturated heterocycles. The molecule has 0 radical (unpaired) electrons. The summed E-state index contributed by atoms with van der Waals surface area (Å²) in [7, 11) is 0. The van der Waals surface area contributed by atoms with Crippen LogP contribution in [0.1, 0.15) is 28.4 Å². The zero-order valence-corrected chi connectivity index (χ0v) is 18.8. The highest BCUT2D eigenvalue weighted by molar-refractivity contribution is 6.10. The fraction of sp³-hybridized carbons (Fsp3) is 0.154. The summed E-state index contributed by atoms with van der Waals surface area (Å²) in [6.07, 6.45) is 0.